The van der Waals surface area contributed by atoms with E-state index in [1.165, 1.54) is 12.2 Å². The standard InChI is InChI=1S/C20H11BrO2/c21-20-18(23)11-10-17(22)19(20)16-7-3-6-14-13-5-2-1-4-12(13)8-9-15(14)16/h1-11H. The summed E-state index contributed by atoms with van der Waals surface area (Å²) >= 11 is 3.29. The molecule has 0 amide bonds. The van der Waals surface area contributed by atoms with Crippen LogP contribution in [0.25, 0.3) is 27.1 Å². The van der Waals surface area contributed by atoms with E-state index in [1.54, 1.807) is 0 Å². The molecule has 4 rings (SSSR count). The van der Waals surface area contributed by atoms with Crippen molar-refractivity contribution in [3.63, 3.8) is 0 Å². The van der Waals surface area contributed by atoms with Crippen molar-refractivity contribution < 1.29 is 9.59 Å². The van der Waals surface area contributed by atoms with E-state index < -0.39 is 0 Å². The van der Waals surface area contributed by atoms with Crippen LogP contribution in [-0.2, 0) is 9.59 Å². The number of halogens is 1. The Hall–Kier alpha value is -2.52. The van der Waals surface area contributed by atoms with Gasteiger partial charge in [0.15, 0.2) is 11.6 Å². The van der Waals surface area contributed by atoms with E-state index in [0.717, 1.165) is 27.1 Å². The first-order valence-electron chi connectivity index (χ1n) is 7.24. The third-order valence-electron chi connectivity index (χ3n) is 4.12. The maximum absolute atomic E-state index is 12.3. The number of hydrogen-bond donors (Lipinski definition) is 0. The van der Waals surface area contributed by atoms with Crippen LogP contribution in [0.4, 0.5) is 0 Å². The lowest BCUT2D eigenvalue weighted by molar-refractivity contribution is -0.113. The van der Waals surface area contributed by atoms with Gasteiger partial charge in [-0.2, -0.15) is 0 Å². The van der Waals surface area contributed by atoms with Crippen LogP contribution in [0.1, 0.15) is 5.56 Å². The maximum Gasteiger partial charge on any atom is 0.193 e. The quantitative estimate of drug-likeness (QED) is 0.459. The molecule has 0 bridgehead atoms. The van der Waals surface area contributed by atoms with Crippen LogP contribution in [0.2, 0.25) is 0 Å². The van der Waals surface area contributed by atoms with E-state index in [0.29, 0.717) is 10.1 Å². The molecule has 0 atom stereocenters. The van der Waals surface area contributed by atoms with Gasteiger partial charge in [-0.1, -0.05) is 54.6 Å². The third kappa shape index (κ3) is 2.16. The van der Waals surface area contributed by atoms with Crippen molar-refractivity contribution in [3.8, 4) is 0 Å². The number of fused-ring (bicyclic) bond motifs is 3. The van der Waals surface area contributed by atoms with Crippen LogP contribution in [-0.4, -0.2) is 11.6 Å². The van der Waals surface area contributed by atoms with Crippen LogP contribution in [0.5, 0.6) is 0 Å². The Morgan fingerprint density at radius 3 is 2.26 bits per heavy atom. The van der Waals surface area contributed by atoms with Gasteiger partial charge in [0.25, 0.3) is 0 Å². The Morgan fingerprint density at radius 2 is 1.39 bits per heavy atom. The summed E-state index contributed by atoms with van der Waals surface area (Å²) < 4.78 is 0.325. The Morgan fingerprint density at radius 1 is 0.652 bits per heavy atom. The van der Waals surface area contributed by atoms with Crippen LogP contribution < -0.4 is 0 Å². The molecule has 0 aromatic heterocycles. The van der Waals surface area contributed by atoms with E-state index in [2.05, 4.69) is 28.1 Å². The highest BCUT2D eigenvalue weighted by molar-refractivity contribution is 9.12. The summed E-state index contributed by atoms with van der Waals surface area (Å²) in [7, 11) is 0. The Kier molecular flexibility index (Phi) is 3.24. The van der Waals surface area contributed by atoms with Gasteiger partial charge in [0.05, 0.1) is 4.48 Å². The SMILES string of the molecule is O=C1C=CC(=O)C(c2cccc3c2ccc2ccccc23)=C1Br. The smallest absolute Gasteiger partial charge is 0.193 e. The summed E-state index contributed by atoms with van der Waals surface area (Å²) in [6.07, 6.45) is 2.64. The largest absolute Gasteiger partial charge is 0.289 e. The van der Waals surface area contributed by atoms with Crippen molar-refractivity contribution >= 4 is 54.6 Å². The minimum absolute atomic E-state index is 0.155. The number of benzene rings is 3. The Balaban J connectivity index is 2.09. The van der Waals surface area contributed by atoms with E-state index in [1.807, 2.05) is 42.5 Å². The van der Waals surface area contributed by atoms with Gasteiger partial charge >= 0.3 is 0 Å². The number of carbonyl (C=O) groups is 2. The highest BCUT2D eigenvalue weighted by atomic mass is 79.9. The first-order chi connectivity index (χ1) is 11.2. The molecule has 1 aliphatic carbocycles. The molecule has 1 aliphatic rings. The zero-order valence-electron chi connectivity index (χ0n) is 12.0. The maximum atomic E-state index is 12.3. The summed E-state index contributed by atoms with van der Waals surface area (Å²) in [6, 6.07) is 18.0. The highest BCUT2D eigenvalue weighted by Crippen LogP contribution is 2.35. The van der Waals surface area contributed by atoms with Gasteiger partial charge in [0.2, 0.25) is 0 Å². The molecule has 0 heterocycles. The first-order valence-corrected chi connectivity index (χ1v) is 8.03. The lowest BCUT2D eigenvalue weighted by Crippen LogP contribution is -2.10. The van der Waals surface area contributed by atoms with Gasteiger partial charge < -0.3 is 0 Å². The molecular weight excluding hydrogens is 352 g/mol. The molecule has 0 unspecified atom stereocenters. The lowest BCUT2D eigenvalue weighted by atomic mass is 9.90. The van der Waals surface area contributed by atoms with Crippen molar-refractivity contribution in [2.45, 2.75) is 0 Å². The van der Waals surface area contributed by atoms with Gasteiger partial charge in [-0.15, -0.1) is 0 Å². The predicted octanol–water partition coefficient (Wildman–Crippen LogP) is 4.81. The molecule has 2 nitrogen and oxygen atoms in total. The normalized spacial score (nSPS) is 15.0. The second kappa shape index (κ2) is 5.28. The molecule has 3 aromatic rings. The van der Waals surface area contributed by atoms with Crippen LogP contribution >= 0.6 is 15.9 Å². The Bertz CT molecular complexity index is 1060. The van der Waals surface area contributed by atoms with Crippen molar-refractivity contribution in [2.75, 3.05) is 0 Å². The number of rotatable bonds is 1. The second-order valence-electron chi connectivity index (χ2n) is 5.44. The second-order valence-corrected chi connectivity index (χ2v) is 6.23. The van der Waals surface area contributed by atoms with Crippen molar-refractivity contribution in [2.24, 2.45) is 0 Å². The predicted molar refractivity (Wildman–Crippen MR) is 96.5 cm³/mol. The minimum Gasteiger partial charge on any atom is -0.289 e. The molecule has 0 fully saturated rings. The Labute approximate surface area is 141 Å². The fraction of sp³-hybridized carbons (Fsp3) is 0. The molecule has 0 N–H and O–H groups in total. The fourth-order valence-corrected chi connectivity index (χ4v) is 3.59. The zero-order chi connectivity index (χ0) is 16.0. The lowest BCUT2D eigenvalue weighted by Gasteiger charge is -2.14. The number of allylic oxidation sites excluding steroid dienone is 4. The molecule has 3 aromatic carbocycles. The molecule has 110 valence electrons. The van der Waals surface area contributed by atoms with Crippen LogP contribution in [0.15, 0.2) is 71.2 Å². The summed E-state index contributed by atoms with van der Waals surface area (Å²) in [4.78, 5) is 24.3. The third-order valence-corrected chi connectivity index (χ3v) is 4.91. The topological polar surface area (TPSA) is 34.1 Å². The van der Waals surface area contributed by atoms with E-state index in [-0.39, 0.29) is 11.6 Å². The summed E-state index contributed by atoms with van der Waals surface area (Å²) in [5.41, 5.74) is 1.21. The molecule has 0 radical (unpaired) electrons. The highest BCUT2D eigenvalue weighted by Gasteiger charge is 2.23. The molecule has 3 heteroatoms. The van der Waals surface area contributed by atoms with Gasteiger partial charge in [-0.05, 0) is 55.2 Å². The van der Waals surface area contributed by atoms with Crippen molar-refractivity contribution in [1.82, 2.24) is 0 Å². The minimum atomic E-state index is -0.183. The fourth-order valence-electron chi connectivity index (χ4n) is 3.05. The molecule has 0 saturated heterocycles. The number of hydrogen-bond acceptors (Lipinski definition) is 2. The molecule has 0 saturated carbocycles. The van der Waals surface area contributed by atoms with Gasteiger partial charge in [-0.3, -0.25) is 9.59 Å². The van der Waals surface area contributed by atoms with Gasteiger partial charge in [0, 0.05) is 5.57 Å². The summed E-state index contributed by atoms with van der Waals surface area (Å²) in [5, 5.41) is 4.32. The molecular formula is C20H11BrO2. The van der Waals surface area contributed by atoms with E-state index in [9.17, 15) is 9.59 Å². The zero-order valence-corrected chi connectivity index (χ0v) is 13.6. The van der Waals surface area contributed by atoms with Crippen LogP contribution in [0, 0.1) is 0 Å². The van der Waals surface area contributed by atoms with Gasteiger partial charge in [0.1, 0.15) is 0 Å². The summed E-state index contributed by atoms with van der Waals surface area (Å²) in [5.74, 6) is -0.338. The average Bonchev–Trinajstić information content (AvgIpc) is 2.58. The van der Waals surface area contributed by atoms with Crippen LogP contribution in [0.3, 0.4) is 0 Å². The van der Waals surface area contributed by atoms with Crippen molar-refractivity contribution in [3.05, 3.63) is 76.8 Å². The van der Waals surface area contributed by atoms with E-state index in [4.69, 9.17) is 0 Å². The molecule has 0 aliphatic heterocycles. The van der Waals surface area contributed by atoms with E-state index >= 15 is 0 Å². The first kappa shape index (κ1) is 14.1. The number of ketones is 2. The number of carbonyl (C=O) groups excluding carboxylic acids is 2. The average molecular weight is 363 g/mol. The van der Waals surface area contributed by atoms with Gasteiger partial charge in [-0.25, -0.2) is 0 Å². The molecule has 23 heavy (non-hydrogen) atoms. The summed E-state index contributed by atoms with van der Waals surface area (Å²) in [6.45, 7) is 0. The van der Waals surface area contributed by atoms with Crippen molar-refractivity contribution in [1.29, 1.82) is 0 Å². The molecule has 0 spiro atoms. The monoisotopic (exact) mass is 362 g/mol.